The standard InChI is InChI=1S/C19H18ClN5O/c1-14-22-9-12-25(14)19-23-18(15-4-6-16(20)7-5-15)17(26-19)3-2-10-24-11-8-21-13-24/h4-9,11-13H,2-3,10H2,1H3. The highest BCUT2D eigenvalue weighted by atomic mass is 35.5. The average molecular weight is 368 g/mol. The Balaban J connectivity index is 1.64. The molecule has 3 aromatic heterocycles. The summed E-state index contributed by atoms with van der Waals surface area (Å²) in [6, 6.07) is 8.18. The molecule has 132 valence electrons. The third-order valence-electron chi connectivity index (χ3n) is 4.21. The first kappa shape index (κ1) is 16.6. The van der Waals surface area contributed by atoms with Crippen LogP contribution in [0.3, 0.4) is 0 Å². The molecule has 0 fully saturated rings. The zero-order valence-electron chi connectivity index (χ0n) is 14.3. The zero-order valence-corrected chi connectivity index (χ0v) is 15.1. The molecule has 0 saturated heterocycles. The van der Waals surface area contributed by atoms with Gasteiger partial charge >= 0.3 is 6.01 Å². The summed E-state index contributed by atoms with van der Waals surface area (Å²) in [7, 11) is 0. The third kappa shape index (κ3) is 3.41. The van der Waals surface area contributed by atoms with Gasteiger partial charge in [0.2, 0.25) is 0 Å². The molecule has 4 aromatic rings. The molecule has 1 aromatic carbocycles. The predicted octanol–water partition coefficient (Wildman–Crippen LogP) is 4.32. The fraction of sp³-hybridized carbons (Fsp3) is 0.211. The zero-order chi connectivity index (χ0) is 17.9. The molecule has 0 aliphatic rings. The summed E-state index contributed by atoms with van der Waals surface area (Å²) in [5, 5.41) is 0.699. The largest absolute Gasteiger partial charge is 0.427 e. The summed E-state index contributed by atoms with van der Waals surface area (Å²) < 4.78 is 10.00. The molecule has 6 nitrogen and oxygen atoms in total. The lowest BCUT2D eigenvalue weighted by Gasteiger charge is -2.03. The molecule has 0 aliphatic heterocycles. The van der Waals surface area contributed by atoms with Gasteiger partial charge in [0, 0.05) is 48.3 Å². The van der Waals surface area contributed by atoms with Crippen LogP contribution in [-0.2, 0) is 13.0 Å². The number of aryl methyl sites for hydroxylation is 3. The van der Waals surface area contributed by atoms with Gasteiger partial charge in [-0.25, -0.2) is 9.97 Å². The van der Waals surface area contributed by atoms with Gasteiger partial charge in [0.05, 0.1) is 6.33 Å². The Kier molecular flexibility index (Phi) is 4.58. The molecule has 0 bridgehead atoms. The fourth-order valence-corrected chi connectivity index (χ4v) is 2.99. The van der Waals surface area contributed by atoms with Crippen molar-refractivity contribution in [1.29, 1.82) is 0 Å². The van der Waals surface area contributed by atoms with Crippen molar-refractivity contribution in [3.05, 3.63) is 72.0 Å². The first-order chi connectivity index (χ1) is 12.7. The summed E-state index contributed by atoms with van der Waals surface area (Å²) in [4.78, 5) is 13.0. The van der Waals surface area contributed by atoms with Crippen LogP contribution in [0.2, 0.25) is 5.02 Å². The van der Waals surface area contributed by atoms with Gasteiger partial charge < -0.3 is 8.98 Å². The van der Waals surface area contributed by atoms with E-state index in [-0.39, 0.29) is 0 Å². The predicted molar refractivity (Wildman–Crippen MR) is 99.4 cm³/mol. The van der Waals surface area contributed by atoms with Crippen molar-refractivity contribution in [1.82, 2.24) is 24.1 Å². The molecule has 0 radical (unpaired) electrons. The molecular weight excluding hydrogens is 350 g/mol. The number of rotatable bonds is 6. The molecule has 0 atom stereocenters. The van der Waals surface area contributed by atoms with Crippen LogP contribution in [-0.4, -0.2) is 24.1 Å². The summed E-state index contributed by atoms with van der Waals surface area (Å²) in [6.07, 6.45) is 10.8. The summed E-state index contributed by atoms with van der Waals surface area (Å²) in [5.41, 5.74) is 1.83. The van der Waals surface area contributed by atoms with Gasteiger partial charge in [0.15, 0.2) is 0 Å². The van der Waals surface area contributed by atoms with Crippen molar-refractivity contribution in [2.45, 2.75) is 26.3 Å². The number of aromatic nitrogens is 5. The Bertz CT molecular complexity index is 986. The number of benzene rings is 1. The first-order valence-corrected chi connectivity index (χ1v) is 8.80. The van der Waals surface area contributed by atoms with Crippen molar-refractivity contribution >= 4 is 11.6 Å². The van der Waals surface area contributed by atoms with Crippen molar-refractivity contribution < 1.29 is 4.42 Å². The van der Waals surface area contributed by atoms with E-state index in [1.807, 2.05) is 54.5 Å². The second kappa shape index (κ2) is 7.17. The Morgan fingerprint density at radius 2 is 1.96 bits per heavy atom. The van der Waals surface area contributed by atoms with E-state index in [0.717, 1.165) is 42.2 Å². The maximum absolute atomic E-state index is 6.10. The number of imidazole rings is 2. The lowest BCUT2D eigenvalue weighted by atomic mass is 10.1. The first-order valence-electron chi connectivity index (χ1n) is 8.42. The molecule has 0 amide bonds. The van der Waals surface area contributed by atoms with Crippen LogP contribution in [0.25, 0.3) is 17.3 Å². The fourth-order valence-electron chi connectivity index (χ4n) is 2.87. The summed E-state index contributed by atoms with van der Waals surface area (Å²) in [5.74, 6) is 1.69. The van der Waals surface area contributed by atoms with E-state index in [9.17, 15) is 0 Å². The molecule has 26 heavy (non-hydrogen) atoms. The van der Waals surface area contributed by atoms with Crippen LogP contribution in [0, 0.1) is 6.92 Å². The van der Waals surface area contributed by atoms with Crippen molar-refractivity contribution in [2.75, 3.05) is 0 Å². The second-order valence-corrected chi connectivity index (χ2v) is 6.46. The van der Waals surface area contributed by atoms with Crippen molar-refractivity contribution in [2.24, 2.45) is 0 Å². The van der Waals surface area contributed by atoms with E-state index in [2.05, 4.69) is 14.5 Å². The molecule has 0 unspecified atom stereocenters. The van der Waals surface area contributed by atoms with Gasteiger partial charge in [-0.05, 0) is 25.5 Å². The maximum Gasteiger partial charge on any atom is 0.307 e. The third-order valence-corrected chi connectivity index (χ3v) is 4.47. The van der Waals surface area contributed by atoms with Gasteiger partial charge in [0.25, 0.3) is 0 Å². The number of oxazole rings is 1. The smallest absolute Gasteiger partial charge is 0.307 e. The van der Waals surface area contributed by atoms with Crippen LogP contribution < -0.4 is 0 Å². The normalized spacial score (nSPS) is 11.2. The van der Waals surface area contributed by atoms with E-state index in [1.165, 1.54) is 0 Å². The van der Waals surface area contributed by atoms with Gasteiger partial charge in [-0.1, -0.05) is 23.7 Å². The lowest BCUT2D eigenvalue weighted by molar-refractivity contribution is 0.467. The number of nitrogens with zero attached hydrogens (tertiary/aromatic N) is 5. The van der Waals surface area contributed by atoms with E-state index >= 15 is 0 Å². The van der Waals surface area contributed by atoms with E-state index in [1.54, 1.807) is 12.4 Å². The SMILES string of the molecule is Cc1nccn1-c1nc(-c2ccc(Cl)cc2)c(CCCn2ccnc2)o1. The molecule has 0 spiro atoms. The van der Waals surface area contributed by atoms with Gasteiger partial charge in [-0.2, -0.15) is 4.98 Å². The number of hydrogen-bond donors (Lipinski definition) is 0. The average Bonchev–Trinajstić information content (AvgIpc) is 3.37. The molecule has 0 N–H and O–H groups in total. The maximum atomic E-state index is 6.10. The molecule has 3 heterocycles. The molecule has 7 heteroatoms. The summed E-state index contributed by atoms with van der Waals surface area (Å²) >= 11 is 6.02. The van der Waals surface area contributed by atoms with Crippen LogP contribution in [0.1, 0.15) is 18.0 Å². The number of hydrogen-bond acceptors (Lipinski definition) is 4. The van der Waals surface area contributed by atoms with Crippen molar-refractivity contribution in [3.8, 4) is 17.3 Å². The van der Waals surface area contributed by atoms with Crippen LogP contribution in [0.4, 0.5) is 0 Å². The summed E-state index contributed by atoms with van der Waals surface area (Å²) in [6.45, 7) is 2.80. The highest BCUT2D eigenvalue weighted by molar-refractivity contribution is 6.30. The lowest BCUT2D eigenvalue weighted by Crippen LogP contribution is -1.97. The van der Waals surface area contributed by atoms with E-state index in [4.69, 9.17) is 21.0 Å². The number of halogens is 1. The Hall–Kier alpha value is -2.86. The molecule has 4 rings (SSSR count). The van der Waals surface area contributed by atoms with Crippen LogP contribution in [0.5, 0.6) is 0 Å². The van der Waals surface area contributed by atoms with Crippen LogP contribution in [0.15, 0.2) is 59.8 Å². The monoisotopic (exact) mass is 367 g/mol. The minimum Gasteiger partial charge on any atom is -0.427 e. The van der Waals surface area contributed by atoms with Crippen molar-refractivity contribution in [3.63, 3.8) is 0 Å². The quantitative estimate of drug-likeness (QED) is 0.509. The van der Waals surface area contributed by atoms with Gasteiger partial charge in [-0.3, -0.25) is 4.57 Å². The van der Waals surface area contributed by atoms with Gasteiger partial charge in [0.1, 0.15) is 17.3 Å². The molecule has 0 saturated carbocycles. The Morgan fingerprint density at radius 1 is 1.12 bits per heavy atom. The Labute approximate surface area is 156 Å². The van der Waals surface area contributed by atoms with Crippen LogP contribution >= 0.6 is 11.6 Å². The second-order valence-electron chi connectivity index (χ2n) is 6.02. The highest BCUT2D eigenvalue weighted by Gasteiger charge is 2.17. The highest BCUT2D eigenvalue weighted by Crippen LogP contribution is 2.28. The molecular formula is C19H18ClN5O. The molecule has 0 aliphatic carbocycles. The minimum atomic E-state index is 0.530. The Morgan fingerprint density at radius 3 is 2.65 bits per heavy atom. The van der Waals surface area contributed by atoms with E-state index < -0.39 is 0 Å². The topological polar surface area (TPSA) is 61.7 Å². The minimum absolute atomic E-state index is 0.530. The van der Waals surface area contributed by atoms with E-state index in [0.29, 0.717) is 11.0 Å². The van der Waals surface area contributed by atoms with Gasteiger partial charge in [-0.15, -0.1) is 0 Å².